The Bertz CT molecular complexity index is 1090. The SMILES string of the molecule is C.C.C.C.C.C.CCC(C)(C)C(=O)OC1(C(C)C)CCCC1.CCC(C)(C)C(=O)OC1(CC(=O)OC(C)C)CCCC1.CCC(C)c1ccc(O)cc1. The minimum Gasteiger partial charge on any atom is -0.508 e. The molecule has 0 amide bonds. The van der Waals surface area contributed by atoms with E-state index in [4.69, 9.17) is 19.3 Å². The Morgan fingerprint density at radius 3 is 1.43 bits per heavy atom. The van der Waals surface area contributed by atoms with Crippen molar-refractivity contribution in [2.45, 2.75) is 228 Å². The molecule has 0 aliphatic heterocycles. The Labute approximate surface area is 331 Å². The fraction of sp³-hybridized carbons (Fsp3) is 0.804. The molecule has 1 unspecified atom stereocenters. The van der Waals surface area contributed by atoms with Gasteiger partial charge in [0.15, 0.2) is 0 Å². The van der Waals surface area contributed by atoms with Gasteiger partial charge in [-0.25, -0.2) is 0 Å². The van der Waals surface area contributed by atoms with Gasteiger partial charge in [0.05, 0.1) is 23.4 Å². The molecule has 318 valence electrons. The summed E-state index contributed by atoms with van der Waals surface area (Å²) >= 11 is 0. The number of phenolic OH excluding ortho intramolecular Hbond substituents is 1. The largest absolute Gasteiger partial charge is 0.508 e. The molecule has 2 aliphatic rings. The average Bonchev–Trinajstić information content (AvgIpc) is 3.68. The van der Waals surface area contributed by atoms with Crippen LogP contribution in [0.3, 0.4) is 0 Å². The van der Waals surface area contributed by atoms with Crippen LogP contribution in [0.4, 0.5) is 0 Å². The van der Waals surface area contributed by atoms with Gasteiger partial charge in [0.2, 0.25) is 0 Å². The van der Waals surface area contributed by atoms with Crippen LogP contribution in [-0.4, -0.2) is 40.3 Å². The summed E-state index contributed by atoms with van der Waals surface area (Å²) in [7, 11) is 0. The van der Waals surface area contributed by atoms with Crippen LogP contribution in [0.15, 0.2) is 24.3 Å². The summed E-state index contributed by atoms with van der Waals surface area (Å²) in [5.74, 6) is 0.855. The third-order valence-corrected chi connectivity index (χ3v) is 10.4. The zero-order valence-corrected chi connectivity index (χ0v) is 31.9. The van der Waals surface area contributed by atoms with E-state index in [0.717, 1.165) is 57.8 Å². The second-order valence-corrected chi connectivity index (χ2v) is 15.7. The first-order valence-corrected chi connectivity index (χ1v) is 18.2. The molecule has 1 N–H and O–H groups in total. The van der Waals surface area contributed by atoms with Crippen LogP contribution in [0.1, 0.15) is 216 Å². The van der Waals surface area contributed by atoms with Crippen LogP contribution in [-0.2, 0) is 28.6 Å². The number of ether oxygens (including phenoxy) is 3. The minimum atomic E-state index is -0.643. The first-order chi connectivity index (χ1) is 21.8. The lowest BCUT2D eigenvalue weighted by Crippen LogP contribution is -2.41. The van der Waals surface area contributed by atoms with Crippen LogP contribution < -0.4 is 0 Å². The number of hydrogen-bond acceptors (Lipinski definition) is 7. The molecular formula is C46H92O7. The number of esters is 3. The molecule has 1 aromatic carbocycles. The highest BCUT2D eigenvalue weighted by Crippen LogP contribution is 2.41. The molecule has 0 radical (unpaired) electrons. The number of carbonyl (C=O) groups excluding carboxylic acids is 3. The van der Waals surface area contributed by atoms with E-state index in [1.807, 2.05) is 67.5 Å². The van der Waals surface area contributed by atoms with Crippen molar-refractivity contribution >= 4 is 17.9 Å². The second-order valence-electron chi connectivity index (χ2n) is 15.7. The third-order valence-electron chi connectivity index (χ3n) is 10.4. The highest BCUT2D eigenvalue weighted by molar-refractivity contribution is 5.78. The van der Waals surface area contributed by atoms with Gasteiger partial charge in [0.25, 0.3) is 0 Å². The summed E-state index contributed by atoms with van der Waals surface area (Å²) in [6, 6.07) is 7.43. The standard InChI is InChI=1S/C16H28O4.C14H26O2.C10H14O.6CH4/c1-6-15(4,5)14(18)20-16(9-7-8-10-16)11-13(17)19-12(2)3;1-6-13(4,5)12(15)16-14(11(2)3)9-7-8-10-14;1-3-8(2)9-4-6-10(11)7-5-9;;;;;;/h12H,6-11H2,1-5H3;11H,6-10H2,1-5H3;4-8,11H,3H2,1-2H3;6*1H4. The molecule has 0 saturated heterocycles. The van der Waals surface area contributed by atoms with E-state index < -0.39 is 11.0 Å². The van der Waals surface area contributed by atoms with E-state index >= 15 is 0 Å². The highest BCUT2D eigenvalue weighted by atomic mass is 16.6. The van der Waals surface area contributed by atoms with Crippen molar-refractivity contribution in [2.24, 2.45) is 16.7 Å². The van der Waals surface area contributed by atoms with Crippen LogP contribution >= 0.6 is 0 Å². The maximum atomic E-state index is 12.3. The fourth-order valence-corrected chi connectivity index (χ4v) is 5.66. The van der Waals surface area contributed by atoms with Crippen molar-refractivity contribution in [2.75, 3.05) is 0 Å². The minimum absolute atomic E-state index is 0. The van der Waals surface area contributed by atoms with E-state index in [-0.39, 0.29) is 86.0 Å². The normalized spacial score (nSPS) is 15.6. The molecule has 3 rings (SSSR count). The van der Waals surface area contributed by atoms with E-state index in [2.05, 4.69) is 27.7 Å². The van der Waals surface area contributed by atoms with Crippen LogP contribution in [0.5, 0.6) is 5.75 Å². The van der Waals surface area contributed by atoms with E-state index in [9.17, 15) is 14.4 Å². The zero-order valence-electron chi connectivity index (χ0n) is 31.9. The lowest BCUT2D eigenvalue weighted by atomic mass is 9.86. The summed E-state index contributed by atoms with van der Waals surface area (Å²) in [4.78, 5) is 36.3. The van der Waals surface area contributed by atoms with Gasteiger partial charge in [-0.05, 0) is 142 Å². The highest BCUT2D eigenvalue weighted by Gasteiger charge is 2.44. The molecule has 53 heavy (non-hydrogen) atoms. The van der Waals surface area contributed by atoms with Gasteiger partial charge in [-0.1, -0.05) is 98.2 Å². The van der Waals surface area contributed by atoms with Crippen LogP contribution in [0.25, 0.3) is 0 Å². The van der Waals surface area contributed by atoms with Gasteiger partial charge < -0.3 is 19.3 Å². The Morgan fingerprint density at radius 1 is 0.679 bits per heavy atom. The first-order valence-electron chi connectivity index (χ1n) is 18.2. The van der Waals surface area contributed by atoms with E-state index in [1.54, 1.807) is 12.1 Å². The van der Waals surface area contributed by atoms with Gasteiger partial charge in [0, 0.05) is 0 Å². The van der Waals surface area contributed by atoms with Crippen molar-refractivity contribution in [3.63, 3.8) is 0 Å². The number of carbonyl (C=O) groups is 3. The topological polar surface area (TPSA) is 99.1 Å². The number of benzene rings is 1. The molecule has 0 bridgehead atoms. The van der Waals surface area contributed by atoms with Crippen molar-refractivity contribution in [3.05, 3.63) is 29.8 Å². The quantitative estimate of drug-likeness (QED) is 0.167. The van der Waals surface area contributed by atoms with Gasteiger partial charge >= 0.3 is 17.9 Å². The predicted molar refractivity (Wildman–Crippen MR) is 231 cm³/mol. The molecule has 1 atom stereocenters. The van der Waals surface area contributed by atoms with Crippen molar-refractivity contribution in [1.82, 2.24) is 0 Å². The molecular weight excluding hydrogens is 664 g/mol. The van der Waals surface area contributed by atoms with Gasteiger partial charge in [-0.15, -0.1) is 0 Å². The van der Waals surface area contributed by atoms with Crippen LogP contribution in [0.2, 0.25) is 0 Å². The van der Waals surface area contributed by atoms with Crippen LogP contribution in [0, 0.1) is 16.7 Å². The lowest BCUT2D eigenvalue weighted by Gasteiger charge is -2.36. The molecule has 2 aliphatic carbocycles. The maximum absolute atomic E-state index is 12.3. The Hall–Kier alpha value is -2.57. The third kappa shape index (κ3) is 20.1. The molecule has 7 heteroatoms. The molecule has 0 aromatic heterocycles. The molecule has 7 nitrogen and oxygen atoms in total. The number of phenols is 1. The second kappa shape index (κ2) is 27.9. The zero-order chi connectivity index (χ0) is 36.1. The molecule has 0 spiro atoms. The van der Waals surface area contributed by atoms with Gasteiger partial charge in [0.1, 0.15) is 17.0 Å². The number of aromatic hydroxyl groups is 1. The van der Waals surface area contributed by atoms with E-state index in [0.29, 0.717) is 17.6 Å². The van der Waals surface area contributed by atoms with Crippen molar-refractivity contribution < 1.29 is 33.7 Å². The summed E-state index contributed by atoms with van der Waals surface area (Å²) < 4.78 is 16.8. The van der Waals surface area contributed by atoms with Crippen molar-refractivity contribution in [3.8, 4) is 5.75 Å². The summed E-state index contributed by atoms with van der Waals surface area (Å²) in [6.45, 7) is 24.0. The van der Waals surface area contributed by atoms with Gasteiger partial charge in [-0.2, -0.15) is 0 Å². The Morgan fingerprint density at radius 2 is 1.08 bits per heavy atom. The summed E-state index contributed by atoms with van der Waals surface area (Å²) in [5, 5.41) is 9.01. The molecule has 0 heterocycles. The average molecular weight is 757 g/mol. The van der Waals surface area contributed by atoms with E-state index in [1.165, 1.54) is 18.4 Å². The number of rotatable bonds is 12. The molecule has 2 saturated carbocycles. The fourth-order valence-electron chi connectivity index (χ4n) is 5.66. The molecule has 1 aromatic rings. The lowest BCUT2D eigenvalue weighted by molar-refractivity contribution is -0.176. The van der Waals surface area contributed by atoms with Gasteiger partial charge in [-0.3, -0.25) is 14.4 Å². The summed E-state index contributed by atoms with van der Waals surface area (Å²) in [6.07, 6.45) is 10.7. The van der Waals surface area contributed by atoms with Crippen molar-refractivity contribution in [1.29, 1.82) is 0 Å². The smallest absolute Gasteiger partial charge is 0.312 e. The first kappa shape index (κ1) is 62.4. The Kier molecular flexibility index (Phi) is 32.9. The molecule has 2 fully saturated rings. The number of hydrogen-bond donors (Lipinski definition) is 1. The Balaban J connectivity index is -0.000000153. The predicted octanol–water partition coefficient (Wildman–Crippen LogP) is 14.3. The maximum Gasteiger partial charge on any atom is 0.312 e. The monoisotopic (exact) mass is 757 g/mol. The summed E-state index contributed by atoms with van der Waals surface area (Å²) in [5.41, 5.74) is -0.369.